The summed E-state index contributed by atoms with van der Waals surface area (Å²) in [5.41, 5.74) is 5.47. The van der Waals surface area contributed by atoms with Crippen LogP contribution < -0.4 is 11.1 Å². The molecule has 0 heterocycles. The molecule has 4 N–H and O–H groups in total. The second-order valence-corrected chi connectivity index (χ2v) is 4.64. The molecular formula is C10H23N3O2. The minimum absolute atomic E-state index is 0.0586. The molecule has 5 heteroatoms. The van der Waals surface area contributed by atoms with E-state index in [2.05, 4.69) is 26.1 Å². The number of hydrogen-bond acceptors (Lipinski definition) is 4. The molecule has 15 heavy (non-hydrogen) atoms. The zero-order valence-corrected chi connectivity index (χ0v) is 9.92. The van der Waals surface area contributed by atoms with Gasteiger partial charge in [0.25, 0.3) is 0 Å². The Morgan fingerprint density at radius 1 is 1.40 bits per heavy atom. The minimum Gasteiger partial charge on any atom is -0.480 e. The monoisotopic (exact) mass is 217 g/mol. The van der Waals surface area contributed by atoms with Crippen LogP contribution in [-0.2, 0) is 4.79 Å². The summed E-state index contributed by atoms with van der Waals surface area (Å²) in [6.07, 6.45) is 0. The number of carbonyl (C=O) groups is 1. The molecule has 0 saturated heterocycles. The first-order chi connectivity index (χ1) is 6.85. The molecule has 0 aliphatic heterocycles. The maximum atomic E-state index is 10.5. The molecule has 0 aromatic carbocycles. The Morgan fingerprint density at radius 3 is 2.40 bits per heavy atom. The number of nitrogens with zero attached hydrogens (tertiary/aromatic N) is 1. The van der Waals surface area contributed by atoms with Crippen LogP contribution >= 0.6 is 0 Å². The fourth-order valence-electron chi connectivity index (χ4n) is 1.23. The van der Waals surface area contributed by atoms with Gasteiger partial charge in [-0.3, -0.25) is 9.69 Å². The zero-order valence-electron chi connectivity index (χ0n) is 9.92. The summed E-state index contributed by atoms with van der Waals surface area (Å²) >= 11 is 0. The molecule has 0 aliphatic carbocycles. The fraction of sp³-hybridized carbons (Fsp3) is 0.900. The van der Waals surface area contributed by atoms with Crippen molar-refractivity contribution in [1.29, 1.82) is 0 Å². The van der Waals surface area contributed by atoms with Crippen molar-refractivity contribution in [3.05, 3.63) is 0 Å². The Labute approximate surface area is 91.6 Å². The van der Waals surface area contributed by atoms with E-state index in [4.69, 9.17) is 10.8 Å². The highest BCUT2D eigenvalue weighted by Gasteiger charge is 2.11. The molecule has 0 amide bonds. The van der Waals surface area contributed by atoms with Gasteiger partial charge in [0.1, 0.15) is 0 Å². The van der Waals surface area contributed by atoms with E-state index in [9.17, 15) is 4.79 Å². The summed E-state index contributed by atoms with van der Waals surface area (Å²) < 4.78 is 0. The number of nitrogens with two attached hydrogens (primary N) is 1. The van der Waals surface area contributed by atoms with Gasteiger partial charge in [0.2, 0.25) is 0 Å². The van der Waals surface area contributed by atoms with Crippen molar-refractivity contribution in [2.45, 2.75) is 26.3 Å². The lowest BCUT2D eigenvalue weighted by atomic mass is 10.1. The predicted octanol–water partition coefficient (Wildman–Crippen LogP) is -0.280. The first-order valence-corrected chi connectivity index (χ1v) is 5.24. The van der Waals surface area contributed by atoms with Crippen molar-refractivity contribution in [1.82, 2.24) is 10.2 Å². The van der Waals surface area contributed by atoms with Gasteiger partial charge in [-0.05, 0) is 20.8 Å². The molecule has 0 fully saturated rings. The van der Waals surface area contributed by atoms with E-state index in [0.29, 0.717) is 19.6 Å². The van der Waals surface area contributed by atoms with Crippen molar-refractivity contribution >= 4 is 5.97 Å². The summed E-state index contributed by atoms with van der Waals surface area (Å²) in [5, 5.41) is 12.0. The van der Waals surface area contributed by atoms with Crippen LogP contribution in [0, 0.1) is 0 Å². The maximum absolute atomic E-state index is 10.5. The molecule has 0 aromatic heterocycles. The number of nitrogens with one attached hydrogen (secondary N) is 1. The molecule has 5 nitrogen and oxygen atoms in total. The lowest BCUT2D eigenvalue weighted by Crippen LogP contribution is -2.43. The molecule has 0 aromatic rings. The normalized spacial score (nSPS) is 12.1. The van der Waals surface area contributed by atoms with Gasteiger partial charge >= 0.3 is 5.97 Å². The second kappa shape index (κ2) is 6.76. The first-order valence-electron chi connectivity index (χ1n) is 5.24. The Morgan fingerprint density at radius 2 is 2.00 bits per heavy atom. The topological polar surface area (TPSA) is 78.6 Å². The predicted molar refractivity (Wildman–Crippen MR) is 60.9 cm³/mol. The Kier molecular flexibility index (Phi) is 6.47. The van der Waals surface area contributed by atoms with Crippen LogP contribution in [0.1, 0.15) is 20.8 Å². The number of carboxylic acid groups (broad SMARTS) is 1. The minimum atomic E-state index is -0.806. The van der Waals surface area contributed by atoms with E-state index in [1.807, 2.05) is 4.90 Å². The number of carboxylic acids is 1. The molecule has 90 valence electrons. The molecule has 0 aliphatic rings. The van der Waals surface area contributed by atoms with Crippen molar-refractivity contribution in [3.8, 4) is 0 Å². The Hall–Kier alpha value is -0.650. The molecular weight excluding hydrogens is 194 g/mol. The zero-order chi connectivity index (χ0) is 11.9. The van der Waals surface area contributed by atoms with Gasteiger partial charge in [-0.1, -0.05) is 0 Å². The number of aliphatic carboxylic acids is 1. The molecule has 0 rings (SSSR count). The molecule has 0 bridgehead atoms. The van der Waals surface area contributed by atoms with Crippen molar-refractivity contribution < 1.29 is 9.90 Å². The highest BCUT2D eigenvalue weighted by atomic mass is 16.4. The SMILES string of the molecule is CC(C)(C)NCCN(CCN)CC(=O)O. The highest BCUT2D eigenvalue weighted by molar-refractivity contribution is 5.69. The number of rotatable bonds is 7. The van der Waals surface area contributed by atoms with E-state index >= 15 is 0 Å². The summed E-state index contributed by atoms with van der Waals surface area (Å²) in [5.74, 6) is -0.806. The van der Waals surface area contributed by atoms with Crippen molar-refractivity contribution in [2.75, 3.05) is 32.7 Å². The lowest BCUT2D eigenvalue weighted by molar-refractivity contribution is -0.138. The van der Waals surface area contributed by atoms with E-state index in [0.717, 1.165) is 6.54 Å². The number of hydrogen-bond donors (Lipinski definition) is 3. The van der Waals surface area contributed by atoms with Gasteiger partial charge in [0.15, 0.2) is 0 Å². The van der Waals surface area contributed by atoms with E-state index < -0.39 is 5.97 Å². The van der Waals surface area contributed by atoms with Gasteiger partial charge in [0.05, 0.1) is 6.54 Å². The Balaban J connectivity index is 3.80. The van der Waals surface area contributed by atoms with Crippen molar-refractivity contribution in [3.63, 3.8) is 0 Å². The van der Waals surface area contributed by atoms with Crippen LogP contribution in [0.2, 0.25) is 0 Å². The first kappa shape index (κ1) is 14.3. The van der Waals surface area contributed by atoms with Gasteiger partial charge in [-0.2, -0.15) is 0 Å². The summed E-state index contributed by atoms with van der Waals surface area (Å²) in [4.78, 5) is 12.4. The van der Waals surface area contributed by atoms with Crippen molar-refractivity contribution in [2.24, 2.45) is 5.73 Å². The van der Waals surface area contributed by atoms with Gasteiger partial charge in [0, 0.05) is 31.7 Å². The van der Waals surface area contributed by atoms with Gasteiger partial charge in [-0.15, -0.1) is 0 Å². The molecule has 0 saturated carbocycles. The summed E-state index contributed by atoms with van der Waals surface area (Å²) in [6.45, 7) is 8.90. The van der Waals surface area contributed by atoms with E-state index in [-0.39, 0.29) is 12.1 Å². The third-order valence-electron chi connectivity index (χ3n) is 1.89. The molecule has 0 radical (unpaired) electrons. The Bertz CT molecular complexity index is 190. The average molecular weight is 217 g/mol. The van der Waals surface area contributed by atoms with Crippen LogP contribution in [0.3, 0.4) is 0 Å². The second-order valence-electron chi connectivity index (χ2n) is 4.64. The fourth-order valence-corrected chi connectivity index (χ4v) is 1.23. The van der Waals surface area contributed by atoms with Gasteiger partial charge < -0.3 is 16.2 Å². The summed E-state index contributed by atoms with van der Waals surface area (Å²) in [7, 11) is 0. The molecule has 0 atom stereocenters. The maximum Gasteiger partial charge on any atom is 0.317 e. The van der Waals surface area contributed by atoms with Crippen LogP contribution in [-0.4, -0.2) is 54.2 Å². The highest BCUT2D eigenvalue weighted by Crippen LogP contribution is 1.97. The summed E-state index contributed by atoms with van der Waals surface area (Å²) in [6, 6.07) is 0. The lowest BCUT2D eigenvalue weighted by Gasteiger charge is -2.24. The standard InChI is InChI=1S/C10H23N3O2/c1-10(2,3)12-5-7-13(6-4-11)8-9(14)15/h12H,4-8,11H2,1-3H3,(H,14,15). The van der Waals surface area contributed by atoms with Crippen LogP contribution in [0.25, 0.3) is 0 Å². The largest absolute Gasteiger partial charge is 0.480 e. The quantitative estimate of drug-likeness (QED) is 0.546. The van der Waals surface area contributed by atoms with E-state index in [1.54, 1.807) is 0 Å². The van der Waals surface area contributed by atoms with Crippen LogP contribution in [0.15, 0.2) is 0 Å². The third-order valence-corrected chi connectivity index (χ3v) is 1.89. The van der Waals surface area contributed by atoms with Crippen LogP contribution in [0.5, 0.6) is 0 Å². The van der Waals surface area contributed by atoms with Crippen LogP contribution in [0.4, 0.5) is 0 Å². The average Bonchev–Trinajstić information content (AvgIpc) is 2.00. The smallest absolute Gasteiger partial charge is 0.317 e. The van der Waals surface area contributed by atoms with Gasteiger partial charge in [-0.25, -0.2) is 0 Å². The third kappa shape index (κ3) is 9.65. The van der Waals surface area contributed by atoms with E-state index in [1.165, 1.54) is 0 Å². The molecule has 0 unspecified atom stereocenters. The molecule has 0 spiro atoms.